The van der Waals surface area contributed by atoms with Crippen molar-refractivity contribution in [1.82, 2.24) is 0 Å². The molecule has 1 aliphatic rings. The van der Waals surface area contributed by atoms with Gasteiger partial charge in [0.1, 0.15) is 5.82 Å². The first kappa shape index (κ1) is 10.1. The van der Waals surface area contributed by atoms with Gasteiger partial charge in [-0.2, -0.15) is 0 Å². The van der Waals surface area contributed by atoms with Crippen molar-refractivity contribution in [3.8, 4) is 0 Å². The Hall–Kier alpha value is -0.410. The van der Waals surface area contributed by atoms with Crippen LogP contribution in [0.5, 0.6) is 0 Å². The van der Waals surface area contributed by atoms with Crippen molar-refractivity contribution in [2.45, 2.75) is 25.0 Å². The van der Waals surface area contributed by atoms with E-state index in [-0.39, 0.29) is 11.9 Å². The molecule has 76 valence electrons. The van der Waals surface area contributed by atoms with E-state index in [1.54, 1.807) is 6.07 Å². The second-order valence-corrected chi connectivity index (χ2v) is 4.18. The summed E-state index contributed by atoms with van der Waals surface area (Å²) in [6.07, 6.45) is 2.65. The third-order valence-corrected chi connectivity index (χ3v) is 2.83. The molecule has 2 rings (SSSR count). The van der Waals surface area contributed by atoms with E-state index in [9.17, 15) is 4.39 Å². The van der Waals surface area contributed by atoms with Crippen LogP contribution in [0.4, 0.5) is 4.39 Å². The fourth-order valence-corrected chi connectivity index (χ4v) is 1.87. The minimum Gasteiger partial charge on any atom is -0.369 e. The van der Waals surface area contributed by atoms with Gasteiger partial charge < -0.3 is 4.74 Å². The van der Waals surface area contributed by atoms with Crippen molar-refractivity contribution < 1.29 is 9.13 Å². The Labute approximate surface area is 91.4 Å². The molecule has 0 aliphatic heterocycles. The molecule has 1 atom stereocenters. The smallest absolute Gasteiger partial charge is 0.123 e. The van der Waals surface area contributed by atoms with Crippen LogP contribution in [0.3, 0.4) is 0 Å². The topological polar surface area (TPSA) is 9.23 Å². The van der Waals surface area contributed by atoms with Crippen molar-refractivity contribution in [2.75, 3.05) is 5.33 Å². The van der Waals surface area contributed by atoms with Crippen LogP contribution < -0.4 is 0 Å². The maximum Gasteiger partial charge on any atom is 0.123 e. The molecule has 1 aliphatic carbocycles. The maximum atomic E-state index is 12.9. The van der Waals surface area contributed by atoms with Gasteiger partial charge in [-0.25, -0.2) is 4.39 Å². The number of halogens is 2. The van der Waals surface area contributed by atoms with Crippen molar-refractivity contribution in [3.05, 3.63) is 35.6 Å². The van der Waals surface area contributed by atoms with Crippen LogP contribution >= 0.6 is 15.9 Å². The lowest BCUT2D eigenvalue weighted by Gasteiger charge is -2.15. The third kappa shape index (κ3) is 2.55. The molecule has 0 N–H and O–H groups in total. The molecule has 0 saturated heterocycles. The Bertz CT molecular complexity index is 312. The highest BCUT2D eigenvalue weighted by atomic mass is 79.9. The zero-order valence-electron chi connectivity index (χ0n) is 7.75. The van der Waals surface area contributed by atoms with Crippen molar-refractivity contribution in [1.29, 1.82) is 0 Å². The van der Waals surface area contributed by atoms with Gasteiger partial charge in [-0.15, -0.1) is 0 Å². The molecule has 1 nitrogen and oxygen atoms in total. The first-order chi connectivity index (χ1) is 6.79. The Morgan fingerprint density at radius 2 is 2.29 bits per heavy atom. The lowest BCUT2D eigenvalue weighted by Crippen LogP contribution is -2.07. The monoisotopic (exact) mass is 258 g/mol. The fourth-order valence-electron chi connectivity index (χ4n) is 1.35. The molecule has 0 aromatic heterocycles. The summed E-state index contributed by atoms with van der Waals surface area (Å²) in [5, 5.41) is 0.715. The highest BCUT2D eigenvalue weighted by molar-refractivity contribution is 9.09. The SMILES string of the molecule is Fc1cccc(C(CBr)OC2CC2)c1. The molecule has 1 unspecified atom stereocenters. The number of rotatable bonds is 4. The number of hydrogen-bond acceptors (Lipinski definition) is 1. The summed E-state index contributed by atoms with van der Waals surface area (Å²) in [7, 11) is 0. The Balaban J connectivity index is 2.08. The summed E-state index contributed by atoms with van der Waals surface area (Å²) in [5.74, 6) is -0.201. The van der Waals surface area contributed by atoms with Gasteiger partial charge in [0.2, 0.25) is 0 Å². The van der Waals surface area contributed by atoms with E-state index in [0.29, 0.717) is 11.4 Å². The predicted molar refractivity (Wildman–Crippen MR) is 57.0 cm³/mol. The van der Waals surface area contributed by atoms with Crippen LogP contribution in [0.1, 0.15) is 24.5 Å². The zero-order chi connectivity index (χ0) is 9.97. The van der Waals surface area contributed by atoms with Crippen molar-refractivity contribution in [2.24, 2.45) is 0 Å². The molecule has 1 saturated carbocycles. The van der Waals surface area contributed by atoms with Crippen LogP contribution in [-0.4, -0.2) is 11.4 Å². The van der Waals surface area contributed by atoms with Gasteiger partial charge in [-0.3, -0.25) is 0 Å². The minimum absolute atomic E-state index is 0.0156. The van der Waals surface area contributed by atoms with E-state index in [0.717, 1.165) is 18.4 Å². The first-order valence-electron chi connectivity index (χ1n) is 4.76. The summed E-state index contributed by atoms with van der Waals surface area (Å²) in [6.45, 7) is 0. The molecule has 1 fully saturated rings. The molecule has 14 heavy (non-hydrogen) atoms. The normalized spacial score (nSPS) is 18.1. The Kier molecular flexibility index (Phi) is 3.19. The summed E-state index contributed by atoms with van der Waals surface area (Å²) in [5.41, 5.74) is 0.911. The predicted octanol–water partition coefficient (Wildman–Crippen LogP) is 3.44. The van der Waals surface area contributed by atoms with E-state index >= 15 is 0 Å². The molecule has 1 aromatic carbocycles. The van der Waals surface area contributed by atoms with E-state index in [4.69, 9.17) is 4.74 Å². The molecular formula is C11H12BrFO. The Morgan fingerprint density at radius 1 is 1.50 bits per heavy atom. The van der Waals surface area contributed by atoms with E-state index in [1.165, 1.54) is 12.1 Å². The van der Waals surface area contributed by atoms with Crippen LogP contribution in [0, 0.1) is 5.82 Å². The summed E-state index contributed by atoms with van der Waals surface area (Å²) in [6, 6.07) is 6.61. The van der Waals surface area contributed by atoms with Gasteiger partial charge in [-0.05, 0) is 30.5 Å². The fraction of sp³-hybridized carbons (Fsp3) is 0.455. The minimum atomic E-state index is -0.201. The molecule has 3 heteroatoms. The number of ether oxygens (including phenoxy) is 1. The van der Waals surface area contributed by atoms with Gasteiger partial charge in [0.15, 0.2) is 0 Å². The highest BCUT2D eigenvalue weighted by Crippen LogP contribution is 2.31. The van der Waals surface area contributed by atoms with Gasteiger partial charge >= 0.3 is 0 Å². The maximum absolute atomic E-state index is 12.9. The molecule has 0 amide bonds. The second-order valence-electron chi connectivity index (χ2n) is 3.53. The van der Waals surface area contributed by atoms with Gasteiger partial charge in [0.25, 0.3) is 0 Å². The Morgan fingerprint density at radius 3 is 2.86 bits per heavy atom. The average Bonchev–Trinajstić information content (AvgIpc) is 2.98. The highest BCUT2D eigenvalue weighted by Gasteiger charge is 2.26. The second kappa shape index (κ2) is 4.41. The summed E-state index contributed by atoms with van der Waals surface area (Å²) >= 11 is 3.39. The quantitative estimate of drug-likeness (QED) is 0.752. The van der Waals surface area contributed by atoms with Crippen LogP contribution in [0.25, 0.3) is 0 Å². The molecule has 1 aromatic rings. The lowest BCUT2D eigenvalue weighted by atomic mass is 10.1. The van der Waals surface area contributed by atoms with Crippen LogP contribution in [-0.2, 0) is 4.74 Å². The van der Waals surface area contributed by atoms with Gasteiger partial charge in [-0.1, -0.05) is 28.1 Å². The molecule has 0 spiro atoms. The van der Waals surface area contributed by atoms with Gasteiger partial charge in [0, 0.05) is 5.33 Å². The van der Waals surface area contributed by atoms with E-state index < -0.39 is 0 Å². The van der Waals surface area contributed by atoms with Crippen LogP contribution in [0.2, 0.25) is 0 Å². The van der Waals surface area contributed by atoms with Crippen molar-refractivity contribution in [3.63, 3.8) is 0 Å². The summed E-state index contributed by atoms with van der Waals surface area (Å²) < 4.78 is 18.7. The van der Waals surface area contributed by atoms with E-state index in [2.05, 4.69) is 15.9 Å². The summed E-state index contributed by atoms with van der Waals surface area (Å²) in [4.78, 5) is 0. The third-order valence-electron chi connectivity index (χ3n) is 2.24. The molecule has 0 bridgehead atoms. The van der Waals surface area contributed by atoms with Crippen LogP contribution in [0.15, 0.2) is 24.3 Å². The number of alkyl halides is 1. The number of benzene rings is 1. The lowest BCUT2D eigenvalue weighted by molar-refractivity contribution is 0.0557. The average molecular weight is 259 g/mol. The zero-order valence-corrected chi connectivity index (χ0v) is 9.34. The standard InChI is InChI=1S/C11H12BrFO/c12-7-11(14-10-4-5-10)8-2-1-3-9(13)6-8/h1-3,6,10-11H,4-5,7H2. The van der Waals surface area contributed by atoms with Gasteiger partial charge in [0.05, 0.1) is 12.2 Å². The van der Waals surface area contributed by atoms with Crippen molar-refractivity contribution >= 4 is 15.9 Å². The molecule has 0 heterocycles. The molecular weight excluding hydrogens is 247 g/mol. The first-order valence-corrected chi connectivity index (χ1v) is 5.88. The number of hydrogen-bond donors (Lipinski definition) is 0. The van der Waals surface area contributed by atoms with E-state index in [1.807, 2.05) is 6.07 Å². The molecule has 0 radical (unpaired) electrons. The largest absolute Gasteiger partial charge is 0.369 e.